The average Bonchev–Trinajstić information content (AvgIpc) is 2.77. The maximum atomic E-state index is 13.3. The molecule has 2 aromatic rings. The van der Waals surface area contributed by atoms with Crippen LogP contribution in [-0.4, -0.2) is 27.5 Å². The van der Waals surface area contributed by atoms with Gasteiger partial charge in [-0.15, -0.1) is 13.2 Å². The Bertz CT molecular complexity index is 686. The summed E-state index contributed by atoms with van der Waals surface area (Å²) < 4.78 is 15.1. The molecule has 4 nitrogen and oxygen atoms in total. The highest BCUT2D eigenvalue weighted by Crippen LogP contribution is 2.18. The number of rotatable bonds is 7. The van der Waals surface area contributed by atoms with Gasteiger partial charge in [0, 0.05) is 19.2 Å². The van der Waals surface area contributed by atoms with Crippen molar-refractivity contribution in [2.24, 2.45) is 0 Å². The minimum Gasteiger partial charge on any atom is -0.313 e. The Hall–Kier alpha value is -2.45. The summed E-state index contributed by atoms with van der Waals surface area (Å²) in [6.07, 6.45) is 3.61. The van der Waals surface area contributed by atoms with Crippen molar-refractivity contribution in [2.75, 3.05) is 13.1 Å². The van der Waals surface area contributed by atoms with E-state index in [2.05, 4.69) is 29.1 Å². The van der Waals surface area contributed by atoms with Crippen molar-refractivity contribution in [3.05, 3.63) is 55.2 Å². The van der Waals surface area contributed by atoms with Gasteiger partial charge in [0.15, 0.2) is 0 Å². The largest absolute Gasteiger partial charge is 0.313 e. The Morgan fingerprint density at radius 2 is 2.05 bits per heavy atom. The number of nitriles is 1. The monoisotopic (exact) mass is 284 g/mol. The molecular formula is C16H17FN4. The Morgan fingerprint density at radius 1 is 1.33 bits per heavy atom. The molecule has 5 heteroatoms. The maximum Gasteiger partial charge on any atom is 0.125 e. The van der Waals surface area contributed by atoms with Crippen LogP contribution in [-0.2, 0) is 13.1 Å². The molecule has 0 bridgehead atoms. The fraction of sp³-hybridized carbons (Fsp3) is 0.250. The molecule has 0 saturated heterocycles. The summed E-state index contributed by atoms with van der Waals surface area (Å²) in [7, 11) is 0. The normalized spacial score (nSPS) is 10.7. The van der Waals surface area contributed by atoms with Crippen LogP contribution in [0.2, 0.25) is 0 Å². The molecule has 0 fully saturated rings. The zero-order chi connectivity index (χ0) is 15.2. The molecule has 0 spiro atoms. The molecule has 2 rings (SSSR count). The molecule has 0 aliphatic rings. The minimum absolute atomic E-state index is 0.188. The fourth-order valence-corrected chi connectivity index (χ4v) is 2.29. The van der Waals surface area contributed by atoms with Gasteiger partial charge in [0.2, 0.25) is 0 Å². The number of aromatic nitrogens is 2. The summed E-state index contributed by atoms with van der Waals surface area (Å²) in [5.41, 5.74) is 1.34. The fourth-order valence-electron chi connectivity index (χ4n) is 2.29. The summed E-state index contributed by atoms with van der Waals surface area (Å²) in [6.45, 7) is 9.59. The molecule has 1 aromatic carbocycles. The smallest absolute Gasteiger partial charge is 0.125 e. The van der Waals surface area contributed by atoms with Crippen LogP contribution in [0.4, 0.5) is 4.39 Å². The molecule has 108 valence electrons. The van der Waals surface area contributed by atoms with Crippen LogP contribution < -0.4 is 0 Å². The Balaban J connectivity index is 2.41. The highest BCUT2D eigenvalue weighted by atomic mass is 19.1. The predicted molar refractivity (Wildman–Crippen MR) is 81.0 cm³/mol. The third-order valence-corrected chi connectivity index (χ3v) is 3.16. The maximum absolute atomic E-state index is 13.3. The Kier molecular flexibility index (Phi) is 4.85. The second-order valence-electron chi connectivity index (χ2n) is 4.68. The van der Waals surface area contributed by atoms with Crippen molar-refractivity contribution >= 4 is 11.0 Å². The van der Waals surface area contributed by atoms with E-state index in [9.17, 15) is 4.39 Å². The van der Waals surface area contributed by atoms with Crippen molar-refractivity contribution in [2.45, 2.75) is 13.1 Å². The van der Waals surface area contributed by atoms with Crippen LogP contribution in [0.5, 0.6) is 0 Å². The van der Waals surface area contributed by atoms with Crippen LogP contribution in [0.15, 0.2) is 43.5 Å². The standard InChI is InChI=1S/C16H17FN4/c1-3-8-20(9-4-2)12-16-19-14-11-13(17)5-6-15(14)21(16)10-7-18/h3-6,11H,1-2,8-10,12H2. The average molecular weight is 284 g/mol. The van der Waals surface area contributed by atoms with E-state index < -0.39 is 0 Å². The third-order valence-electron chi connectivity index (χ3n) is 3.16. The third kappa shape index (κ3) is 3.36. The Labute approximate surface area is 123 Å². The number of nitrogens with zero attached hydrogens (tertiary/aromatic N) is 4. The van der Waals surface area contributed by atoms with E-state index in [0.29, 0.717) is 25.2 Å². The summed E-state index contributed by atoms with van der Waals surface area (Å²) >= 11 is 0. The van der Waals surface area contributed by atoms with Gasteiger partial charge in [-0.3, -0.25) is 4.90 Å². The number of fused-ring (bicyclic) bond motifs is 1. The van der Waals surface area contributed by atoms with Crippen molar-refractivity contribution in [1.29, 1.82) is 5.26 Å². The molecule has 0 N–H and O–H groups in total. The van der Waals surface area contributed by atoms with Crippen LogP contribution in [0.3, 0.4) is 0 Å². The van der Waals surface area contributed by atoms with E-state index in [4.69, 9.17) is 5.26 Å². The number of hydrogen-bond donors (Lipinski definition) is 0. The first-order chi connectivity index (χ1) is 10.2. The second kappa shape index (κ2) is 6.82. The van der Waals surface area contributed by atoms with Gasteiger partial charge in [0.1, 0.15) is 18.2 Å². The lowest BCUT2D eigenvalue weighted by molar-refractivity contribution is 0.315. The van der Waals surface area contributed by atoms with E-state index in [-0.39, 0.29) is 12.4 Å². The van der Waals surface area contributed by atoms with Gasteiger partial charge in [-0.2, -0.15) is 5.26 Å². The van der Waals surface area contributed by atoms with Crippen molar-refractivity contribution in [3.8, 4) is 6.07 Å². The van der Waals surface area contributed by atoms with Gasteiger partial charge in [0.05, 0.1) is 23.6 Å². The van der Waals surface area contributed by atoms with Crippen LogP contribution in [0, 0.1) is 17.1 Å². The highest BCUT2D eigenvalue weighted by Gasteiger charge is 2.13. The molecule has 1 heterocycles. The number of imidazole rings is 1. The van der Waals surface area contributed by atoms with E-state index in [0.717, 1.165) is 11.3 Å². The van der Waals surface area contributed by atoms with E-state index in [1.807, 2.05) is 4.57 Å². The van der Waals surface area contributed by atoms with E-state index in [1.54, 1.807) is 18.2 Å². The first-order valence-electron chi connectivity index (χ1n) is 6.65. The number of benzene rings is 1. The van der Waals surface area contributed by atoms with Gasteiger partial charge in [-0.1, -0.05) is 12.2 Å². The summed E-state index contributed by atoms with van der Waals surface area (Å²) in [5.74, 6) is 0.408. The molecule has 0 atom stereocenters. The quantitative estimate of drug-likeness (QED) is 0.734. The van der Waals surface area contributed by atoms with Crippen molar-refractivity contribution < 1.29 is 4.39 Å². The van der Waals surface area contributed by atoms with Gasteiger partial charge < -0.3 is 4.57 Å². The van der Waals surface area contributed by atoms with Crippen molar-refractivity contribution in [3.63, 3.8) is 0 Å². The highest BCUT2D eigenvalue weighted by molar-refractivity contribution is 5.76. The molecule has 0 unspecified atom stereocenters. The zero-order valence-corrected chi connectivity index (χ0v) is 11.8. The SMILES string of the molecule is C=CCN(CC=C)Cc1nc2cc(F)ccc2n1CC#N. The summed E-state index contributed by atoms with van der Waals surface area (Å²) in [5, 5.41) is 9.00. The number of hydrogen-bond acceptors (Lipinski definition) is 3. The van der Waals surface area contributed by atoms with Crippen LogP contribution in [0.25, 0.3) is 11.0 Å². The zero-order valence-electron chi connectivity index (χ0n) is 11.8. The molecule has 21 heavy (non-hydrogen) atoms. The minimum atomic E-state index is -0.329. The Morgan fingerprint density at radius 3 is 2.67 bits per heavy atom. The van der Waals surface area contributed by atoms with E-state index >= 15 is 0 Å². The lowest BCUT2D eigenvalue weighted by atomic mass is 10.3. The second-order valence-corrected chi connectivity index (χ2v) is 4.68. The molecule has 1 aromatic heterocycles. The van der Waals surface area contributed by atoms with Crippen molar-refractivity contribution in [1.82, 2.24) is 14.5 Å². The van der Waals surface area contributed by atoms with Gasteiger partial charge >= 0.3 is 0 Å². The topological polar surface area (TPSA) is 44.9 Å². The predicted octanol–water partition coefficient (Wildman–Crippen LogP) is 2.87. The molecule has 0 saturated carbocycles. The molecule has 0 radical (unpaired) electrons. The summed E-state index contributed by atoms with van der Waals surface area (Å²) in [6, 6.07) is 6.55. The molecule has 0 aliphatic carbocycles. The van der Waals surface area contributed by atoms with Gasteiger partial charge in [-0.05, 0) is 12.1 Å². The van der Waals surface area contributed by atoms with Crippen LogP contribution in [0.1, 0.15) is 5.82 Å². The van der Waals surface area contributed by atoms with Crippen LogP contribution >= 0.6 is 0 Å². The lowest BCUT2D eigenvalue weighted by Gasteiger charge is -2.18. The van der Waals surface area contributed by atoms with Gasteiger partial charge in [-0.25, -0.2) is 9.37 Å². The molecular weight excluding hydrogens is 267 g/mol. The summed E-state index contributed by atoms with van der Waals surface area (Å²) in [4.78, 5) is 6.55. The first-order valence-corrected chi connectivity index (χ1v) is 6.65. The molecule has 0 aliphatic heterocycles. The van der Waals surface area contributed by atoms with Gasteiger partial charge in [0.25, 0.3) is 0 Å². The molecule has 0 amide bonds. The first kappa shape index (κ1) is 14.9. The lowest BCUT2D eigenvalue weighted by Crippen LogP contribution is -2.25. The number of halogens is 1. The van der Waals surface area contributed by atoms with E-state index in [1.165, 1.54) is 12.1 Å².